The van der Waals surface area contributed by atoms with Crippen molar-refractivity contribution in [1.29, 1.82) is 0 Å². The molecular formula is C33H49Cl3N2O7. The van der Waals surface area contributed by atoms with Gasteiger partial charge in [-0.2, -0.15) is 0 Å². The van der Waals surface area contributed by atoms with Gasteiger partial charge in [0.1, 0.15) is 18.8 Å². The molecule has 0 spiro atoms. The second-order valence-corrected chi connectivity index (χ2v) is 15.0. The fraction of sp³-hybridized carbons (Fsp3) is 0.697. The van der Waals surface area contributed by atoms with Crippen LogP contribution in [0.2, 0.25) is 0 Å². The first-order chi connectivity index (χ1) is 21.2. The zero-order valence-corrected chi connectivity index (χ0v) is 29.3. The average Bonchev–Trinajstić information content (AvgIpc) is 2.98. The molecule has 0 aliphatic carbocycles. The third-order valence-electron chi connectivity index (χ3n) is 7.29. The van der Waals surface area contributed by atoms with E-state index >= 15 is 0 Å². The van der Waals surface area contributed by atoms with E-state index in [9.17, 15) is 19.2 Å². The van der Waals surface area contributed by atoms with Crippen molar-refractivity contribution in [1.82, 2.24) is 10.0 Å². The number of hydrazine groups is 1. The maximum absolute atomic E-state index is 14.3. The number of alkyl halides is 3. The van der Waals surface area contributed by atoms with Crippen LogP contribution in [0.15, 0.2) is 30.3 Å². The Morgan fingerprint density at radius 1 is 0.911 bits per heavy atom. The number of ether oxygens (including phenoxy) is 3. The minimum absolute atomic E-state index is 0.0135. The second kappa shape index (κ2) is 19.4. The summed E-state index contributed by atoms with van der Waals surface area (Å²) in [7, 11) is 0. The highest BCUT2D eigenvalue weighted by atomic mass is 35.6. The average molecular weight is 692 g/mol. The van der Waals surface area contributed by atoms with E-state index in [0.29, 0.717) is 19.3 Å². The maximum Gasteiger partial charge on any atom is 0.429 e. The van der Waals surface area contributed by atoms with Gasteiger partial charge in [-0.25, -0.2) is 19.6 Å². The molecule has 45 heavy (non-hydrogen) atoms. The molecule has 1 aromatic rings. The van der Waals surface area contributed by atoms with Gasteiger partial charge in [0.2, 0.25) is 9.70 Å². The monoisotopic (exact) mass is 690 g/mol. The molecule has 0 unspecified atom stereocenters. The van der Waals surface area contributed by atoms with Crippen molar-refractivity contribution in [2.75, 3.05) is 13.2 Å². The van der Waals surface area contributed by atoms with Crippen molar-refractivity contribution in [2.24, 2.45) is 5.92 Å². The van der Waals surface area contributed by atoms with Gasteiger partial charge >= 0.3 is 18.0 Å². The van der Waals surface area contributed by atoms with E-state index in [2.05, 4.69) is 6.92 Å². The first kappa shape index (κ1) is 39.0. The number of hydrogen-bond acceptors (Lipinski definition) is 7. The molecule has 1 aromatic carbocycles. The van der Waals surface area contributed by atoms with Crippen LogP contribution in [-0.2, 0) is 35.2 Å². The molecule has 0 N–H and O–H groups in total. The van der Waals surface area contributed by atoms with Gasteiger partial charge in [-0.05, 0) is 45.6 Å². The van der Waals surface area contributed by atoms with E-state index in [4.69, 9.17) is 49.0 Å². The molecule has 9 nitrogen and oxygen atoms in total. The molecular weight excluding hydrogens is 643 g/mol. The van der Waals surface area contributed by atoms with Gasteiger partial charge in [-0.1, -0.05) is 123 Å². The summed E-state index contributed by atoms with van der Waals surface area (Å²) in [5, 5.41) is 2.30. The highest BCUT2D eigenvalue weighted by Crippen LogP contribution is 2.29. The fourth-order valence-electron chi connectivity index (χ4n) is 5.11. The number of esters is 2. The number of benzene rings is 1. The number of amides is 2. The number of carbonyl (C=O) groups is 4. The lowest BCUT2D eigenvalue weighted by atomic mass is 9.94. The summed E-state index contributed by atoms with van der Waals surface area (Å²) in [4.78, 5) is 54.0. The van der Waals surface area contributed by atoms with Gasteiger partial charge in [-0.15, -0.1) is 0 Å². The Morgan fingerprint density at radius 2 is 1.53 bits per heavy atom. The zero-order valence-electron chi connectivity index (χ0n) is 27.0. The third-order valence-corrected chi connectivity index (χ3v) is 7.62. The largest absolute Gasteiger partial charge is 0.461 e. The van der Waals surface area contributed by atoms with Crippen LogP contribution in [0, 0.1) is 5.92 Å². The summed E-state index contributed by atoms with van der Waals surface area (Å²) in [6, 6.07) is 8.07. The van der Waals surface area contributed by atoms with Gasteiger partial charge in [0.15, 0.2) is 6.04 Å². The number of rotatable bonds is 16. The van der Waals surface area contributed by atoms with Crippen molar-refractivity contribution >= 4 is 58.7 Å². The standard InChI is InChI=1S/C33H49Cl3N2O7/c1-5-6-7-8-9-10-11-15-19-26(22-28(39)44-24-33(34,35)36)29(40)38-27(30(41)45-32(2,3)4)20-16-21-37(38)31(42)43-23-25-17-13-12-14-18-25/h12-14,17-18,26-27H,5-11,15-16,19-24H2,1-4H3/t26-,27+/m1/s1. The highest BCUT2D eigenvalue weighted by Gasteiger charge is 2.44. The molecule has 2 rings (SSSR count). The summed E-state index contributed by atoms with van der Waals surface area (Å²) in [5.74, 6) is -2.80. The first-order valence-corrected chi connectivity index (χ1v) is 17.1. The quantitative estimate of drug-likeness (QED) is 0.0743. The summed E-state index contributed by atoms with van der Waals surface area (Å²) in [6.45, 7) is 7.04. The lowest BCUT2D eigenvalue weighted by molar-refractivity contribution is -0.183. The molecule has 0 radical (unpaired) electrons. The number of carbonyl (C=O) groups excluding carboxylic acids is 4. The van der Waals surface area contributed by atoms with Gasteiger partial charge < -0.3 is 14.2 Å². The summed E-state index contributed by atoms with van der Waals surface area (Å²) >= 11 is 17.3. The van der Waals surface area contributed by atoms with Gasteiger partial charge in [-0.3, -0.25) is 9.59 Å². The molecule has 2 atom stereocenters. The molecule has 254 valence electrons. The summed E-state index contributed by atoms with van der Waals surface area (Å²) in [5.41, 5.74) is -0.0481. The number of halogens is 3. The van der Waals surface area contributed by atoms with Crippen LogP contribution in [-0.4, -0.2) is 62.5 Å². The molecule has 1 aliphatic heterocycles. The Kier molecular flexibility index (Phi) is 16.8. The van der Waals surface area contributed by atoms with E-state index in [1.807, 2.05) is 30.3 Å². The van der Waals surface area contributed by atoms with Crippen LogP contribution >= 0.6 is 34.8 Å². The van der Waals surface area contributed by atoms with E-state index in [-0.39, 0.29) is 26.0 Å². The van der Waals surface area contributed by atoms with E-state index < -0.39 is 51.9 Å². The number of hydrogen-bond donors (Lipinski definition) is 0. The van der Waals surface area contributed by atoms with Crippen molar-refractivity contribution in [3.05, 3.63) is 35.9 Å². The molecule has 2 amide bonds. The normalized spacial score (nSPS) is 16.2. The lowest BCUT2D eigenvalue weighted by Crippen LogP contribution is -2.62. The second-order valence-electron chi connectivity index (χ2n) is 12.5. The van der Waals surface area contributed by atoms with Gasteiger partial charge in [0.25, 0.3) is 0 Å². The van der Waals surface area contributed by atoms with Gasteiger partial charge in [0, 0.05) is 6.54 Å². The Hall–Kier alpha value is -2.23. The molecule has 1 aliphatic rings. The van der Waals surface area contributed by atoms with Gasteiger partial charge in [0.05, 0.1) is 12.3 Å². The molecule has 1 fully saturated rings. The zero-order chi connectivity index (χ0) is 33.5. The van der Waals surface area contributed by atoms with E-state index in [1.54, 1.807) is 20.8 Å². The Morgan fingerprint density at radius 3 is 2.13 bits per heavy atom. The maximum atomic E-state index is 14.3. The van der Waals surface area contributed by atoms with Crippen LogP contribution in [0.5, 0.6) is 0 Å². The van der Waals surface area contributed by atoms with Crippen LogP contribution in [0.4, 0.5) is 4.79 Å². The van der Waals surface area contributed by atoms with Crippen molar-refractivity contribution in [2.45, 2.75) is 127 Å². The summed E-state index contributed by atoms with van der Waals surface area (Å²) < 4.78 is 14.6. The molecule has 1 heterocycles. The van der Waals surface area contributed by atoms with Crippen molar-refractivity contribution in [3.8, 4) is 0 Å². The highest BCUT2D eigenvalue weighted by molar-refractivity contribution is 6.67. The number of unbranched alkanes of at least 4 members (excludes halogenated alkanes) is 7. The SMILES string of the molecule is CCCCCCCCCC[C@H](CC(=O)OCC(Cl)(Cl)Cl)C(=O)N1[C@H](C(=O)OC(C)(C)C)CCCN1C(=O)OCc1ccccc1. The fourth-order valence-corrected chi connectivity index (χ4v) is 5.28. The predicted octanol–water partition coefficient (Wildman–Crippen LogP) is 8.32. The molecule has 0 aromatic heterocycles. The van der Waals surface area contributed by atoms with Crippen molar-refractivity contribution in [3.63, 3.8) is 0 Å². The Balaban J connectivity index is 2.29. The smallest absolute Gasteiger partial charge is 0.429 e. The Labute approximate surface area is 283 Å². The van der Waals surface area contributed by atoms with Crippen LogP contribution in [0.25, 0.3) is 0 Å². The summed E-state index contributed by atoms with van der Waals surface area (Å²) in [6.07, 6.45) is 8.39. The molecule has 0 saturated carbocycles. The van der Waals surface area contributed by atoms with Crippen molar-refractivity contribution < 1.29 is 33.4 Å². The number of nitrogens with zero attached hydrogens (tertiary/aromatic N) is 2. The first-order valence-electron chi connectivity index (χ1n) is 16.0. The third kappa shape index (κ3) is 15.3. The van der Waals surface area contributed by atoms with E-state index in [0.717, 1.165) is 41.3 Å². The Bertz CT molecular complexity index is 1080. The minimum atomic E-state index is -1.80. The van der Waals surface area contributed by atoms with Crippen LogP contribution in [0.1, 0.15) is 110 Å². The predicted molar refractivity (Wildman–Crippen MR) is 176 cm³/mol. The molecule has 1 saturated heterocycles. The van der Waals surface area contributed by atoms with Crippen LogP contribution < -0.4 is 0 Å². The minimum Gasteiger partial charge on any atom is -0.461 e. The van der Waals surface area contributed by atoms with Crippen LogP contribution in [0.3, 0.4) is 0 Å². The molecule has 12 heteroatoms. The molecule has 0 bridgehead atoms. The van der Waals surface area contributed by atoms with E-state index in [1.165, 1.54) is 19.3 Å². The lowest BCUT2D eigenvalue weighted by Gasteiger charge is -2.43. The topological polar surface area (TPSA) is 102 Å².